The first-order valence-corrected chi connectivity index (χ1v) is 8.47. The van der Waals surface area contributed by atoms with E-state index in [2.05, 4.69) is 10.6 Å². The van der Waals surface area contributed by atoms with Crippen LogP contribution < -0.4 is 10.6 Å². The molecule has 0 aromatic heterocycles. The number of carbonyl (C=O) groups excluding carboxylic acids is 1. The molecule has 3 aliphatic rings. The molecule has 0 aromatic rings. The molecule has 2 aliphatic carbocycles. The molecule has 4 unspecified atom stereocenters. The van der Waals surface area contributed by atoms with Crippen LogP contribution in [0.25, 0.3) is 0 Å². The molecular weight excluding hydrogens is 268 g/mol. The summed E-state index contributed by atoms with van der Waals surface area (Å²) in [5.74, 6) is 0.515. The molecule has 1 heterocycles. The van der Waals surface area contributed by atoms with Gasteiger partial charge >= 0.3 is 6.03 Å². The van der Waals surface area contributed by atoms with E-state index in [1.165, 1.54) is 25.7 Å². The molecule has 21 heavy (non-hydrogen) atoms. The average molecular weight is 296 g/mol. The number of aliphatic hydroxyl groups excluding tert-OH is 1. The van der Waals surface area contributed by atoms with E-state index in [0.717, 1.165) is 25.9 Å². The van der Waals surface area contributed by atoms with E-state index >= 15 is 0 Å². The molecule has 5 nitrogen and oxygen atoms in total. The molecule has 3 N–H and O–H groups in total. The van der Waals surface area contributed by atoms with Gasteiger partial charge in [-0.05, 0) is 39.0 Å². The quantitative estimate of drug-likeness (QED) is 0.724. The van der Waals surface area contributed by atoms with Crippen molar-refractivity contribution in [3.05, 3.63) is 0 Å². The summed E-state index contributed by atoms with van der Waals surface area (Å²) in [5.41, 5.74) is 0.215. The van der Waals surface area contributed by atoms with Crippen LogP contribution in [0.15, 0.2) is 0 Å². The first kappa shape index (κ1) is 15.1. The summed E-state index contributed by atoms with van der Waals surface area (Å²) in [4.78, 5) is 12.2. The van der Waals surface area contributed by atoms with E-state index < -0.39 is 0 Å². The summed E-state index contributed by atoms with van der Waals surface area (Å²) in [6.07, 6.45) is 7.92. The van der Waals surface area contributed by atoms with E-state index in [1.54, 1.807) is 0 Å². The Morgan fingerprint density at radius 3 is 2.90 bits per heavy atom. The summed E-state index contributed by atoms with van der Waals surface area (Å²) >= 11 is 0. The summed E-state index contributed by atoms with van der Waals surface area (Å²) in [5, 5.41) is 15.1. The number of rotatable bonds is 5. The van der Waals surface area contributed by atoms with E-state index in [4.69, 9.17) is 9.84 Å². The molecule has 5 heteroatoms. The Labute approximate surface area is 126 Å². The predicted molar refractivity (Wildman–Crippen MR) is 80.0 cm³/mol. The van der Waals surface area contributed by atoms with Gasteiger partial charge in [-0.2, -0.15) is 0 Å². The monoisotopic (exact) mass is 296 g/mol. The van der Waals surface area contributed by atoms with E-state index in [0.29, 0.717) is 12.0 Å². The molecule has 3 rings (SSSR count). The number of aliphatic hydroxyl groups is 1. The van der Waals surface area contributed by atoms with Crippen molar-refractivity contribution in [3.8, 4) is 0 Å². The SMILES string of the molecule is CC(CCCO)NC(=O)NC1C2CCOC2C12CCCC2. The number of hydrogen-bond donors (Lipinski definition) is 3. The van der Waals surface area contributed by atoms with Crippen LogP contribution >= 0.6 is 0 Å². The largest absolute Gasteiger partial charge is 0.396 e. The fourth-order valence-electron chi connectivity index (χ4n) is 4.78. The Morgan fingerprint density at radius 1 is 1.43 bits per heavy atom. The molecule has 0 bridgehead atoms. The second-order valence-corrected chi connectivity index (χ2v) is 7.05. The van der Waals surface area contributed by atoms with Crippen molar-refractivity contribution in [2.24, 2.45) is 11.3 Å². The Hall–Kier alpha value is -0.810. The first-order chi connectivity index (χ1) is 10.2. The fraction of sp³-hybridized carbons (Fsp3) is 0.938. The summed E-state index contributed by atoms with van der Waals surface area (Å²) in [6, 6.07) is 0.340. The Balaban J connectivity index is 1.55. The van der Waals surface area contributed by atoms with Gasteiger partial charge in [0.2, 0.25) is 0 Å². The number of urea groups is 1. The second-order valence-electron chi connectivity index (χ2n) is 7.05. The van der Waals surface area contributed by atoms with Gasteiger partial charge < -0.3 is 20.5 Å². The molecule has 0 radical (unpaired) electrons. The maximum Gasteiger partial charge on any atom is 0.315 e. The number of amides is 2. The topological polar surface area (TPSA) is 70.6 Å². The van der Waals surface area contributed by atoms with Gasteiger partial charge in [0.15, 0.2) is 0 Å². The smallest absolute Gasteiger partial charge is 0.315 e. The maximum absolute atomic E-state index is 12.2. The second kappa shape index (κ2) is 6.13. The summed E-state index contributed by atoms with van der Waals surface area (Å²) in [6.45, 7) is 3.02. The van der Waals surface area contributed by atoms with Crippen molar-refractivity contribution in [2.45, 2.75) is 70.1 Å². The number of ether oxygens (including phenoxy) is 1. The fourth-order valence-corrected chi connectivity index (χ4v) is 4.78. The van der Waals surface area contributed by atoms with Crippen molar-refractivity contribution < 1.29 is 14.6 Å². The van der Waals surface area contributed by atoms with Crippen LogP contribution in [0.3, 0.4) is 0 Å². The molecule has 120 valence electrons. The van der Waals surface area contributed by atoms with Crippen LogP contribution in [0.1, 0.15) is 51.9 Å². The lowest BCUT2D eigenvalue weighted by molar-refractivity contribution is -0.126. The Morgan fingerprint density at radius 2 is 2.19 bits per heavy atom. The number of fused-ring (bicyclic) bond motifs is 2. The van der Waals surface area contributed by atoms with Crippen molar-refractivity contribution in [1.82, 2.24) is 10.6 Å². The molecule has 3 fully saturated rings. The van der Waals surface area contributed by atoms with Gasteiger partial charge in [-0.3, -0.25) is 0 Å². The van der Waals surface area contributed by atoms with Crippen molar-refractivity contribution in [3.63, 3.8) is 0 Å². The van der Waals surface area contributed by atoms with Gasteiger partial charge in [-0.1, -0.05) is 12.8 Å². The zero-order chi connectivity index (χ0) is 14.9. The highest BCUT2D eigenvalue weighted by Gasteiger charge is 2.65. The minimum absolute atomic E-state index is 0.0536. The van der Waals surface area contributed by atoms with Crippen molar-refractivity contribution >= 4 is 6.03 Å². The van der Waals surface area contributed by atoms with Gasteiger partial charge in [0, 0.05) is 36.6 Å². The minimum Gasteiger partial charge on any atom is -0.396 e. The standard InChI is InChI=1S/C16H28N2O3/c1-11(5-4-9-19)17-15(20)18-13-12-6-10-21-14(12)16(13)7-2-3-8-16/h11-14,19H,2-10H2,1H3,(H2,17,18,20). The number of nitrogens with one attached hydrogen (secondary N) is 2. The number of carbonyl (C=O) groups is 1. The Kier molecular flexibility index (Phi) is 4.41. The lowest BCUT2D eigenvalue weighted by Crippen LogP contribution is -2.69. The van der Waals surface area contributed by atoms with E-state index in [9.17, 15) is 4.79 Å². The normalized spacial score (nSPS) is 34.3. The molecule has 2 amide bonds. The van der Waals surface area contributed by atoms with Gasteiger partial charge in [-0.15, -0.1) is 0 Å². The third-order valence-electron chi connectivity index (χ3n) is 5.75. The number of hydrogen-bond acceptors (Lipinski definition) is 3. The zero-order valence-electron chi connectivity index (χ0n) is 12.9. The van der Waals surface area contributed by atoms with Crippen molar-refractivity contribution in [2.75, 3.05) is 13.2 Å². The summed E-state index contributed by atoms with van der Waals surface area (Å²) in [7, 11) is 0. The van der Waals surface area contributed by atoms with Crippen LogP contribution in [0.5, 0.6) is 0 Å². The van der Waals surface area contributed by atoms with Crippen LogP contribution in [0, 0.1) is 11.3 Å². The van der Waals surface area contributed by atoms with E-state index in [-0.39, 0.29) is 30.1 Å². The van der Waals surface area contributed by atoms with Crippen LogP contribution in [-0.4, -0.2) is 42.5 Å². The highest BCUT2D eigenvalue weighted by atomic mass is 16.5. The predicted octanol–water partition coefficient (Wildman–Crippen LogP) is 1.79. The Bertz CT molecular complexity index is 382. The van der Waals surface area contributed by atoms with Crippen molar-refractivity contribution in [1.29, 1.82) is 0 Å². The molecular formula is C16H28N2O3. The van der Waals surface area contributed by atoms with Gasteiger partial charge in [0.05, 0.1) is 6.10 Å². The third-order valence-corrected chi connectivity index (χ3v) is 5.75. The molecule has 0 aromatic carbocycles. The lowest BCUT2D eigenvalue weighted by Gasteiger charge is -2.56. The van der Waals surface area contributed by atoms with Crippen LogP contribution in [0.4, 0.5) is 4.79 Å². The average Bonchev–Trinajstić information content (AvgIpc) is 3.10. The molecule has 4 atom stereocenters. The lowest BCUT2D eigenvalue weighted by atomic mass is 9.54. The first-order valence-electron chi connectivity index (χ1n) is 8.47. The molecule has 1 aliphatic heterocycles. The van der Waals surface area contributed by atoms with Crippen LogP contribution in [-0.2, 0) is 4.74 Å². The highest BCUT2D eigenvalue weighted by molar-refractivity contribution is 5.75. The van der Waals surface area contributed by atoms with Gasteiger partial charge in [0.25, 0.3) is 0 Å². The van der Waals surface area contributed by atoms with Gasteiger partial charge in [-0.25, -0.2) is 4.79 Å². The summed E-state index contributed by atoms with van der Waals surface area (Å²) < 4.78 is 5.94. The molecule has 1 spiro atoms. The molecule has 1 saturated heterocycles. The molecule has 2 saturated carbocycles. The minimum atomic E-state index is -0.0536. The van der Waals surface area contributed by atoms with Crippen LogP contribution in [0.2, 0.25) is 0 Å². The highest BCUT2D eigenvalue weighted by Crippen LogP contribution is 2.60. The zero-order valence-corrected chi connectivity index (χ0v) is 12.9. The van der Waals surface area contributed by atoms with E-state index in [1.807, 2.05) is 6.92 Å². The van der Waals surface area contributed by atoms with Gasteiger partial charge in [0.1, 0.15) is 0 Å². The third kappa shape index (κ3) is 2.66. The maximum atomic E-state index is 12.2.